The van der Waals surface area contributed by atoms with Gasteiger partial charge in [-0.1, -0.05) is 11.6 Å². The number of nitrogens with zero attached hydrogens (tertiary/aromatic N) is 1. The summed E-state index contributed by atoms with van der Waals surface area (Å²) in [6.07, 6.45) is 0. The normalized spacial score (nSPS) is 12.6. The smallest absolute Gasteiger partial charge is 0.230 e. The van der Waals surface area contributed by atoms with Gasteiger partial charge in [-0.25, -0.2) is 0 Å². The number of hydrogen-bond acceptors (Lipinski definition) is 3. The van der Waals surface area contributed by atoms with Crippen molar-refractivity contribution in [3.8, 4) is 0 Å². The molecule has 0 saturated heterocycles. The van der Waals surface area contributed by atoms with E-state index in [2.05, 4.69) is 0 Å². The lowest BCUT2D eigenvalue weighted by Gasteiger charge is -2.40. The fraction of sp³-hybridized carbons (Fsp3) is 0.643. The van der Waals surface area contributed by atoms with Crippen molar-refractivity contribution in [2.24, 2.45) is 11.1 Å². The molecule has 1 heterocycles. The zero-order valence-corrected chi connectivity index (χ0v) is 13.9. The van der Waals surface area contributed by atoms with Crippen molar-refractivity contribution in [2.75, 3.05) is 6.54 Å². The van der Waals surface area contributed by atoms with E-state index in [4.69, 9.17) is 17.3 Å². The largest absolute Gasteiger partial charge is 0.337 e. The van der Waals surface area contributed by atoms with Gasteiger partial charge in [0.1, 0.15) is 0 Å². The van der Waals surface area contributed by atoms with Crippen LogP contribution in [-0.4, -0.2) is 22.9 Å². The molecule has 0 atom stereocenters. The molecule has 0 aliphatic heterocycles. The first-order chi connectivity index (χ1) is 8.59. The van der Waals surface area contributed by atoms with Crippen LogP contribution in [0.15, 0.2) is 12.1 Å². The molecule has 0 fully saturated rings. The van der Waals surface area contributed by atoms with E-state index in [0.717, 1.165) is 9.21 Å². The highest BCUT2D eigenvalue weighted by molar-refractivity contribution is 7.16. The Balaban J connectivity index is 2.89. The fourth-order valence-electron chi connectivity index (χ4n) is 1.62. The highest BCUT2D eigenvalue weighted by Gasteiger charge is 2.42. The number of amides is 1. The van der Waals surface area contributed by atoms with Crippen molar-refractivity contribution in [3.63, 3.8) is 0 Å². The van der Waals surface area contributed by atoms with Crippen LogP contribution in [0.1, 0.15) is 39.5 Å². The Bertz CT molecular complexity index is 449. The molecule has 0 aliphatic rings. The van der Waals surface area contributed by atoms with Gasteiger partial charge in [-0.2, -0.15) is 0 Å². The lowest BCUT2D eigenvalue weighted by Crippen LogP contribution is -2.56. The minimum atomic E-state index is -0.607. The van der Waals surface area contributed by atoms with Crippen LogP contribution >= 0.6 is 22.9 Å². The van der Waals surface area contributed by atoms with E-state index in [1.54, 1.807) is 0 Å². The van der Waals surface area contributed by atoms with E-state index in [1.807, 2.05) is 51.7 Å². The Labute approximate surface area is 124 Å². The van der Waals surface area contributed by atoms with Crippen molar-refractivity contribution in [3.05, 3.63) is 21.3 Å². The third-order valence-corrected chi connectivity index (χ3v) is 5.01. The van der Waals surface area contributed by atoms with Gasteiger partial charge in [0, 0.05) is 17.0 Å². The number of carbonyl (C=O) groups is 1. The van der Waals surface area contributed by atoms with Gasteiger partial charge in [0.05, 0.1) is 16.3 Å². The molecule has 1 amide bonds. The summed E-state index contributed by atoms with van der Waals surface area (Å²) in [5.41, 5.74) is 4.97. The van der Waals surface area contributed by atoms with Gasteiger partial charge < -0.3 is 10.6 Å². The van der Waals surface area contributed by atoms with Gasteiger partial charge in [-0.05, 0) is 46.8 Å². The minimum absolute atomic E-state index is 0.0759. The Morgan fingerprint density at radius 2 is 1.95 bits per heavy atom. The standard InChI is InChI=1S/C14H23ClN2OS/c1-6-17(9-10-7-8-11(15)19-10)12(18)13(2,3)14(4,5)16/h7-8H,6,9,16H2,1-5H3. The lowest BCUT2D eigenvalue weighted by atomic mass is 9.74. The number of nitrogens with two attached hydrogens (primary N) is 1. The molecule has 0 bridgehead atoms. The molecular formula is C14H23ClN2OS. The quantitative estimate of drug-likeness (QED) is 0.904. The van der Waals surface area contributed by atoms with E-state index in [1.165, 1.54) is 11.3 Å². The Morgan fingerprint density at radius 1 is 1.37 bits per heavy atom. The average molecular weight is 303 g/mol. The van der Waals surface area contributed by atoms with Crippen molar-refractivity contribution < 1.29 is 4.79 Å². The molecule has 1 aromatic heterocycles. The molecule has 3 nitrogen and oxygen atoms in total. The van der Waals surface area contributed by atoms with Crippen LogP contribution in [0.3, 0.4) is 0 Å². The van der Waals surface area contributed by atoms with E-state index in [9.17, 15) is 4.79 Å². The summed E-state index contributed by atoms with van der Waals surface area (Å²) >= 11 is 7.43. The molecule has 0 spiro atoms. The maximum atomic E-state index is 12.7. The fourth-order valence-corrected chi connectivity index (χ4v) is 2.73. The molecule has 2 N–H and O–H groups in total. The number of hydrogen-bond donors (Lipinski definition) is 1. The first-order valence-electron chi connectivity index (χ1n) is 6.42. The zero-order valence-electron chi connectivity index (χ0n) is 12.3. The van der Waals surface area contributed by atoms with Gasteiger partial charge >= 0.3 is 0 Å². The van der Waals surface area contributed by atoms with Crippen molar-refractivity contribution >= 4 is 28.8 Å². The van der Waals surface area contributed by atoms with Gasteiger partial charge in [-0.3, -0.25) is 4.79 Å². The van der Waals surface area contributed by atoms with Crippen LogP contribution in [0, 0.1) is 5.41 Å². The number of carbonyl (C=O) groups excluding carboxylic acids is 1. The summed E-state index contributed by atoms with van der Waals surface area (Å²) < 4.78 is 0.747. The maximum Gasteiger partial charge on any atom is 0.230 e. The van der Waals surface area contributed by atoms with Crippen molar-refractivity contribution in [2.45, 2.75) is 46.7 Å². The summed E-state index contributed by atoms with van der Waals surface area (Å²) in [7, 11) is 0. The summed E-state index contributed by atoms with van der Waals surface area (Å²) in [5.74, 6) is 0.0759. The van der Waals surface area contributed by atoms with E-state index in [-0.39, 0.29) is 5.91 Å². The summed E-state index contributed by atoms with van der Waals surface area (Å²) in [4.78, 5) is 15.6. The molecule has 0 radical (unpaired) electrons. The second kappa shape index (κ2) is 5.81. The summed E-state index contributed by atoms with van der Waals surface area (Å²) in [6, 6.07) is 3.82. The van der Waals surface area contributed by atoms with Gasteiger partial charge in [0.2, 0.25) is 5.91 Å². The molecular weight excluding hydrogens is 280 g/mol. The summed E-state index contributed by atoms with van der Waals surface area (Å²) in [5, 5.41) is 0. The Morgan fingerprint density at radius 3 is 2.32 bits per heavy atom. The van der Waals surface area contributed by atoms with Gasteiger partial charge in [0.25, 0.3) is 0 Å². The number of thiophene rings is 1. The Hall–Kier alpha value is -0.580. The van der Waals surface area contributed by atoms with Crippen LogP contribution in [0.4, 0.5) is 0 Å². The van der Waals surface area contributed by atoms with Crippen molar-refractivity contribution in [1.82, 2.24) is 4.90 Å². The summed E-state index contributed by atoms with van der Waals surface area (Å²) in [6.45, 7) is 10.8. The molecule has 5 heteroatoms. The second-order valence-electron chi connectivity index (χ2n) is 5.87. The monoisotopic (exact) mass is 302 g/mol. The molecule has 0 unspecified atom stereocenters. The predicted octanol–water partition coefficient (Wildman–Crippen LogP) is 3.51. The molecule has 108 valence electrons. The molecule has 0 aromatic carbocycles. The number of halogens is 1. The van der Waals surface area contributed by atoms with Crippen molar-refractivity contribution in [1.29, 1.82) is 0 Å². The average Bonchev–Trinajstić information content (AvgIpc) is 2.69. The zero-order chi connectivity index (χ0) is 14.8. The molecule has 0 saturated carbocycles. The van der Waals surface area contributed by atoms with Crippen LogP contribution in [0.25, 0.3) is 0 Å². The highest BCUT2D eigenvalue weighted by atomic mass is 35.5. The van der Waals surface area contributed by atoms with E-state index < -0.39 is 11.0 Å². The maximum absolute atomic E-state index is 12.7. The third-order valence-electron chi connectivity index (χ3n) is 3.79. The van der Waals surface area contributed by atoms with E-state index in [0.29, 0.717) is 13.1 Å². The topological polar surface area (TPSA) is 46.3 Å². The van der Waals surface area contributed by atoms with Gasteiger partial charge in [-0.15, -0.1) is 11.3 Å². The van der Waals surface area contributed by atoms with Gasteiger partial charge in [0.15, 0.2) is 0 Å². The molecule has 0 aliphatic carbocycles. The molecule has 1 rings (SSSR count). The molecule has 1 aromatic rings. The van der Waals surface area contributed by atoms with Crippen LogP contribution in [0.5, 0.6) is 0 Å². The first kappa shape index (κ1) is 16.5. The SMILES string of the molecule is CCN(Cc1ccc(Cl)s1)C(=O)C(C)(C)C(C)(C)N. The first-order valence-corrected chi connectivity index (χ1v) is 7.61. The Kier molecular flexibility index (Phi) is 5.04. The molecule has 19 heavy (non-hydrogen) atoms. The highest BCUT2D eigenvalue weighted by Crippen LogP contribution is 2.32. The van der Waals surface area contributed by atoms with Crippen LogP contribution in [0.2, 0.25) is 4.34 Å². The van der Waals surface area contributed by atoms with Crippen LogP contribution in [-0.2, 0) is 11.3 Å². The second-order valence-corrected chi connectivity index (χ2v) is 7.67. The third kappa shape index (κ3) is 3.71. The minimum Gasteiger partial charge on any atom is -0.337 e. The number of rotatable bonds is 5. The predicted molar refractivity (Wildman–Crippen MR) is 82.5 cm³/mol. The van der Waals surface area contributed by atoms with E-state index >= 15 is 0 Å². The lowest BCUT2D eigenvalue weighted by molar-refractivity contribution is -0.143. The van der Waals surface area contributed by atoms with Crippen LogP contribution < -0.4 is 5.73 Å².